The van der Waals surface area contributed by atoms with E-state index in [1.165, 1.54) is 12.1 Å². The van der Waals surface area contributed by atoms with Crippen LogP contribution in [-0.2, 0) is 4.79 Å². The number of hydrogen-bond acceptors (Lipinski definition) is 1. The van der Waals surface area contributed by atoms with E-state index in [4.69, 9.17) is 0 Å². The first-order valence-corrected chi connectivity index (χ1v) is 5.51. The van der Waals surface area contributed by atoms with Crippen LogP contribution in [-0.4, -0.2) is 12.1 Å². The van der Waals surface area contributed by atoms with Crippen LogP contribution in [0.2, 0.25) is 0 Å². The van der Waals surface area contributed by atoms with E-state index in [0.717, 1.165) is 5.94 Å². The maximum absolute atomic E-state index is 12.8. The van der Waals surface area contributed by atoms with Crippen LogP contribution < -0.4 is 0 Å². The predicted octanol–water partition coefficient (Wildman–Crippen LogP) is 4.13. The minimum absolute atomic E-state index is 0.156. The van der Waals surface area contributed by atoms with Crippen molar-refractivity contribution >= 4 is 11.5 Å². The van der Waals surface area contributed by atoms with Crippen LogP contribution in [0.15, 0.2) is 54.6 Å². The number of halogens is 3. The fourth-order valence-corrected chi connectivity index (χ4v) is 1.84. The highest BCUT2D eigenvalue weighted by molar-refractivity contribution is 5.95. The topological polar surface area (TPSA) is 17.1 Å². The van der Waals surface area contributed by atoms with Gasteiger partial charge in [0.1, 0.15) is 11.5 Å². The van der Waals surface area contributed by atoms with E-state index in [2.05, 4.69) is 0 Å². The van der Waals surface area contributed by atoms with Gasteiger partial charge in [-0.1, -0.05) is 54.6 Å². The van der Waals surface area contributed by atoms with Crippen molar-refractivity contribution in [1.29, 1.82) is 0 Å². The molecule has 0 saturated heterocycles. The second kappa shape index (κ2) is 5.12. The third-order valence-corrected chi connectivity index (χ3v) is 2.67. The van der Waals surface area contributed by atoms with Gasteiger partial charge in [0.2, 0.25) is 0 Å². The third-order valence-electron chi connectivity index (χ3n) is 2.67. The SMILES string of the molecule is O=C=C(c1ccccc1-c1ccccc1)C(F)(F)F. The number of hydrogen-bond donors (Lipinski definition) is 0. The molecule has 0 bridgehead atoms. The molecule has 1 nitrogen and oxygen atoms in total. The number of allylic oxidation sites excluding steroid dienone is 1. The Bertz CT molecular complexity index is 623. The van der Waals surface area contributed by atoms with E-state index in [9.17, 15) is 18.0 Å². The molecule has 0 N–H and O–H groups in total. The van der Waals surface area contributed by atoms with Gasteiger partial charge in [0.25, 0.3) is 0 Å². The van der Waals surface area contributed by atoms with Crippen LogP contribution in [0.5, 0.6) is 0 Å². The normalized spacial score (nSPS) is 10.9. The number of benzene rings is 2. The minimum atomic E-state index is -4.72. The second-order valence-electron chi connectivity index (χ2n) is 3.89. The lowest BCUT2D eigenvalue weighted by molar-refractivity contribution is -0.0680. The Balaban J connectivity index is 2.64. The minimum Gasteiger partial charge on any atom is -0.233 e. The Morgan fingerprint density at radius 2 is 1.47 bits per heavy atom. The van der Waals surface area contributed by atoms with Crippen LogP contribution in [0, 0.1) is 0 Å². The van der Waals surface area contributed by atoms with Gasteiger partial charge < -0.3 is 0 Å². The van der Waals surface area contributed by atoms with Gasteiger partial charge in [-0.05, 0) is 11.1 Å². The van der Waals surface area contributed by atoms with Crippen molar-refractivity contribution in [1.82, 2.24) is 0 Å². The highest BCUT2D eigenvalue weighted by Crippen LogP contribution is 2.36. The molecule has 4 heteroatoms. The summed E-state index contributed by atoms with van der Waals surface area (Å²) in [5.41, 5.74) is -0.461. The summed E-state index contributed by atoms with van der Waals surface area (Å²) in [5.74, 6) is 1.01. The first-order valence-electron chi connectivity index (χ1n) is 5.51. The average Bonchev–Trinajstić information content (AvgIpc) is 2.39. The predicted molar refractivity (Wildman–Crippen MR) is 67.0 cm³/mol. The van der Waals surface area contributed by atoms with Gasteiger partial charge in [-0.15, -0.1) is 0 Å². The van der Waals surface area contributed by atoms with Crippen molar-refractivity contribution in [3.8, 4) is 11.1 Å². The quantitative estimate of drug-likeness (QED) is 0.744. The number of rotatable bonds is 2. The van der Waals surface area contributed by atoms with Crippen LogP contribution in [0.1, 0.15) is 5.56 Å². The summed E-state index contributed by atoms with van der Waals surface area (Å²) in [6.45, 7) is 0. The average molecular weight is 262 g/mol. The van der Waals surface area contributed by atoms with E-state index in [1.54, 1.807) is 42.5 Å². The highest BCUT2D eigenvalue weighted by Gasteiger charge is 2.37. The van der Waals surface area contributed by atoms with Crippen molar-refractivity contribution < 1.29 is 18.0 Å². The van der Waals surface area contributed by atoms with Crippen molar-refractivity contribution in [2.24, 2.45) is 0 Å². The molecular weight excluding hydrogens is 253 g/mol. The van der Waals surface area contributed by atoms with E-state index in [0.29, 0.717) is 11.1 Å². The summed E-state index contributed by atoms with van der Waals surface area (Å²) in [6, 6.07) is 14.5. The summed E-state index contributed by atoms with van der Waals surface area (Å²) in [5, 5.41) is 0. The Morgan fingerprint density at radius 1 is 0.895 bits per heavy atom. The van der Waals surface area contributed by atoms with Gasteiger partial charge in [-0.25, -0.2) is 4.79 Å². The van der Waals surface area contributed by atoms with Gasteiger partial charge in [0.15, 0.2) is 0 Å². The molecule has 0 aromatic heterocycles. The van der Waals surface area contributed by atoms with E-state index in [-0.39, 0.29) is 5.56 Å². The molecule has 0 spiro atoms. The molecule has 0 aliphatic heterocycles. The van der Waals surface area contributed by atoms with Gasteiger partial charge in [0.05, 0.1) is 0 Å². The molecular formula is C15H9F3O. The Morgan fingerprint density at radius 3 is 2.05 bits per heavy atom. The molecule has 2 rings (SSSR count). The zero-order chi connectivity index (χ0) is 13.9. The fourth-order valence-electron chi connectivity index (χ4n) is 1.84. The molecule has 0 atom stereocenters. The molecule has 0 fully saturated rings. The molecule has 2 aromatic rings. The van der Waals surface area contributed by atoms with Crippen molar-refractivity contribution in [2.45, 2.75) is 6.18 Å². The Kier molecular flexibility index (Phi) is 3.54. The van der Waals surface area contributed by atoms with Gasteiger partial charge >= 0.3 is 6.18 Å². The Hall–Kier alpha value is -2.32. The molecule has 0 unspecified atom stereocenters. The first kappa shape index (κ1) is 13.1. The molecule has 0 saturated carbocycles. The summed E-state index contributed by atoms with van der Waals surface area (Å²) >= 11 is 0. The van der Waals surface area contributed by atoms with Crippen LogP contribution in [0.4, 0.5) is 13.2 Å². The molecule has 0 heterocycles. The maximum Gasteiger partial charge on any atom is 0.427 e. The van der Waals surface area contributed by atoms with Crippen LogP contribution in [0.3, 0.4) is 0 Å². The zero-order valence-electron chi connectivity index (χ0n) is 9.74. The fraction of sp³-hybridized carbons (Fsp3) is 0.0667. The van der Waals surface area contributed by atoms with Crippen molar-refractivity contribution in [2.75, 3.05) is 0 Å². The lowest BCUT2D eigenvalue weighted by Gasteiger charge is -2.12. The molecule has 19 heavy (non-hydrogen) atoms. The summed E-state index contributed by atoms with van der Waals surface area (Å²) < 4.78 is 38.4. The number of alkyl halides is 3. The van der Waals surface area contributed by atoms with Crippen LogP contribution in [0.25, 0.3) is 16.7 Å². The lowest BCUT2D eigenvalue weighted by Crippen LogP contribution is -2.12. The zero-order valence-corrected chi connectivity index (χ0v) is 9.74. The van der Waals surface area contributed by atoms with E-state index in [1.807, 2.05) is 0 Å². The van der Waals surface area contributed by atoms with Crippen molar-refractivity contribution in [3.05, 3.63) is 60.2 Å². The first-order chi connectivity index (χ1) is 9.04. The molecule has 96 valence electrons. The van der Waals surface area contributed by atoms with Gasteiger partial charge in [-0.3, -0.25) is 0 Å². The lowest BCUT2D eigenvalue weighted by atomic mass is 9.95. The summed E-state index contributed by atoms with van der Waals surface area (Å²) in [4.78, 5) is 10.7. The molecule has 0 radical (unpaired) electrons. The smallest absolute Gasteiger partial charge is 0.233 e. The van der Waals surface area contributed by atoms with Crippen molar-refractivity contribution in [3.63, 3.8) is 0 Å². The van der Waals surface area contributed by atoms with Crippen LogP contribution >= 0.6 is 0 Å². The summed E-state index contributed by atoms with van der Waals surface area (Å²) in [6.07, 6.45) is -4.72. The molecule has 0 aliphatic carbocycles. The maximum atomic E-state index is 12.8. The summed E-state index contributed by atoms with van der Waals surface area (Å²) in [7, 11) is 0. The molecule has 2 aromatic carbocycles. The molecule has 0 amide bonds. The monoisotopic (exact) mass is 262 g/mol. The third kappa shape index (κ3) is 2.75. The van der Waals surface area contributed by atoms with Gasteiger partial charge in [0, 0.05) is 5.56 Å². The van der Waals surface area contributed by atoms with Gasteiger partial charge in [-0.2, -0.15) is 13.2 Å². The highest BCUT2D eigenvalue weighted by atomic mass is 19.4. The number of carbonyl (C=O) groups excluding carboxylic acids is 1. The second-order valence-corrected chi connectivity index (χ2v) is 3.89. The molecule has 0 aliphatic rings. The Labute approximate surface area is 108 Å². The standard InChI is InChI=1S/C15H9F3O/c16-15(17,18)14(10-19)13-9-5-4-8-12(13)11-6-2-1-3-7-11/h1-9H. The largest absolute Gasteiger partial charge is 0.427 e. The van der Waals surface area contributed by atoms with E-state index >= 15 is 0 Å². The van der Waals surface area contributed by atoms with E-state index < -0.39 is 11.7 Å².